The maximum atomic E-state index is 14.1. The van der Waals surface area contributed by atoms with Gasteiger partial charge in [-0.3, -0.25) is 4.90 Å². The van der Waals surface area contributed by atoms with E-state index in [1.54, 1.807) is 41.0 Å². The summed E-state index contributed by atoms with van der Waals surface area (Å²) in [6.45, 7) is 6.67. The maximum absolute atomic E-state index is 14.1. The van der Waals surface area contributed by atoms with Crippen LogP contribution in [0.25, 0.3) is 5.52 Å². The number of carboxylic acid groups (broad SMARTS) is 1. The number of halogens is 2. The number of pyridine rings is 2. The van der Waals surface area contributed by atoms with Crippen LogP contribution in [0.3, 0.4) is 0 Å². The van der Waals surface area contributed by atoms with E-state index in [0.717, 1.165) is 61.0 Å². The third-order valence-electron chi connectivity index (χ3n) is 7.73. The number of aromatic nitrogens is 5. The van der Waals surface area contributed by atoms with Gasteiger partial charge in [-0.25, -0.2) is 18.7 Å². The molecule has 0 aliphatic carbocycles. The number of nitrogens with zero attached hydrogens (tertiary/aromatic N) is 7. The summed E-state index contributed by atoms with van der Waals surface area (Å²) < 4.78 is 23.8. The highest BCUT2D eigenvalue weighted by molar-refractivity contribution is 6.30. The second-order valence-corrected chi connectivity index (χ2v) is 10.9. The van der Waals surface area contributed by atoms with E-state index in [-0.39, 0.29) is 12.2 Å². The summed E-state index contributed by atoms with van der Waals surface area (Å²) in [6.07, 6.45) is 5.98. The van der Waals surface area contributed by atoms with E-state index in [1.807, 2.05) is 24.7 Å². The molecule has 4 aromatic heterocycles. The predicted octanol–water partition coefficient (Wildman–Crippen LogP) is 4.93. The lowest BCUT2D eigenvalue weighted by Gasteiger charge is -2.35. The molecule has 222 valence electrons. The molecule has 5 aromatic rings. The fourth-order valence-electron chi connectivity index (χ4n) is 5.36. The molecule has 0 amide bonds. The van der Waals surface area contributed by atoms with E-state index in [0.29, 0.717) is 29.4 Å². The van der Waals surface area contributed by atoms with Crippen LogP contribution in [0.4, 0.5) is 10.2 Å². The van der Waals surface area contributed by atoms with Crippen LogP contribution < -0.4 is 9.64 Å². The van der Waals surface area contributed by atoms with Gasteiger partial charge in [0.25, 0.3) is 0 Å². The van der Waals surface area contributed by atoms with Crippen molar-refractivity contribution in [3.8, 4) is 5.88 Å². The van der Waals surface area contributed by atoms with Crippen LogP contribution in [-0.4, -0.2) is 66.3 Å². The maximum Gasteiger partial charge on any atom is 0.335 e. The largest absolute Gasteiger partial charge is 0.478 e. The van der Waals surface area contributed by atoms with Crippen molar-refractivity contribution in [3.05, 3.63) is 106 Å². The Kier molecular flexibility index (Phi) is 8.26. The molecular formula is C31H31ClFN7O3. The Morgan fingerprint density at radius 3 is 2.72 bits per heavy atom. The van der Waals surface area contributed by atoms with E-state index in [1.165, 1.54) is 6.07 Å². The van der Waals surface area contributed by atoms with E-state index in [2.05, 4.69) is 31.3 Å². The molecule has 0 atom stereocenters. The van der Waals surface area contributed by atoms with Gasteiger partial charge in [-0.15, -0.1) is 0 Å². The normalized spacial score (nSPS) is 14.0. The predicted molar refractivity (Wildman–Crippen MR) is 160 cm³/mol. The van der Waals surface area contributed by atoms with Crippen LogP contribution in [-0.2, 0) is 26.1 Å². The van der Waals surface area contributed by atoms with Crippen LogP contribution in [0.2, 0.25) is 5.02 Å². The Labute approximate surface area is 252 Å². The standard InChI is InChI=1S/C31H31ClFN7O3/c1-2-38-20-34-17-24(38)16-25-27(36-40-9-8-21(31(41)42)14-28(25)40)18-37-10-12-39(13-11-37)29-4-3-5-30(35-29)43-19-22-6-7-23(32)15-26(22)33/h3-9,14-15,17,20H,2,10-13,16,18-19H2,1H3,(H,41,42). The Hall–Kier alpha value is -4.48. The fraction of sp³-hybridized carbons (Fsp3) is 0.290. The molecule has 1 aliphatic rings. The molecule has 12 heteroatoms. The van der Waals surface area contributed by atoms with E-state index < -0.39 is 11.8 Å². The topological polar surface area (TPSA) is 101 Å². The zero-order chi connectivity index (χ0) is 29.9. The molecule has 1 aliphatic heterocycles. The Bertz CT molecular complexity index is 1760. The number of fused-ring (bicyclic) bond motifs is 1. The summed E-state index contributed by atoms with van der Waals surface area (Å²) in [4.78, 5) is 25.2. The van der Waals surface area contributed by atoms with Gasteiger partial charge in [0.1, 0.15) is 18.2 Å². The number of rotatable bonds is 10. The quantitative estimate of drug-likeness (QED) is 0.240. The molecule has 10 nitrogen and oxygen atoms in total. The molecule has 1 fully saturated rings. The fourth-order valence-corrected chi connectivity index (χ4v) is 5.51. The lowest BCUT2D eigenvalue weighted by molar-refractivity contribution is 0.0697. The summed E-state index contributed by atoms with van der Waals surface area (Å²) in [7, 11) is 0. The first kappa shape index (κ1) is 28.6. The van der Waals surface area contributed by atoms with Gasteiger partial charge in [0.15, 0.2) is 0 Å². The number of piperazine rings is 1. The van der Waals surface area contributed by atoms with Crippen molar-refractivity contribution in [2.24, 2.45) is 0 Å². The zero-order valence-electron chi connectivity index (χ0n) is 23.7. The highest BCUT2D eigenvalue weighted by atomic mass is 35.5. The highest BCUT2D eigenvalue weighted by Crippen LogP contribution is 2.25. The van der Waals surface area contributed by atoms with Crippen molar-refractivity contribution in [2.45, 2.75) is 33.0 Å². The molecule has 0 saturated carbocycles. The average molecular weight is 604 g/mol. The smallest absolute Gasteiger partial charge is 0.335 e. The zero-order valence-corrected chi connectivity index (χ0v) is 24.4. The van der Waals surface area contributed by atoms with Gasteiger partial charge in [0, 0.05) is 86.0 Å². The van der Waals surface area contributed by atoms with E-state index >= 15 is 0 Å². The van der Waals surface area contributed by atoms with Crippen LogP contribution in [0.1, 0.15) is 39.8 Å². The first-order chi connectivity index (χ1) is 20.9. The number of carboxylic acids is 1. The van der Waals surface area contributed by atoms with Crippen molar-refractivity contribution in [3.63, 3.8) is 0 Å². The van der Waals surface area contributed by atoms with Gasteiger partial charge in [-0.1, -0.05) is 23.7 Å². The lowest BCUT2D eigenvalue weighted by atomic mass is 10.1. The van der Waals surface area contributed by atoms with Gasteiger partial charge in [-0.05, 0) is 37.3 Å². The number of hydrogen-bond donors (Lipinski definition) is 1. The van der Waals surface area contributed by atoms with Gasteiger partial charge in [0.05, 0.1) is 23.1 Å². The monoisotopic (exact) mass is 603 g/mol. The number of hydrogen-bond acceptors (Lipinski definition) is 7. The molecule has 0 spiro atoms. The number of aromatic carboxylic acids is 1. The minimum absolute atomic E-state index is 0.0571. The van der Waals surface area contributed by atoms with Crippen molar-refractivity contribution in [1.29, 1.82) is 0 Å². The summed E-state index contributed by atoms with van der Waals surface area (Å²) in [5.74, 6) is -0.148. The molecular weight excluding hydrogens is 573 g/mol. The summed E-state index contributed by atoms with van der Waals surface area (Å²) in [6, 6.07) is 13.4. The summed E-state index contributed by atoms with van der Waals surface area (Å²) in [5.41, 5.74) is 4.41. The van der Waals surface area contributed by atoms with Crippen LogP contribution in [0, 0.1) is 5.82 Å². The highest BCUT2D eigenvalue weighted by Gasteiger charge is 2.23. The molecule has 5 heterocycles. The molecule has 0 bridgehead atoms. The SMILES string of the molecule is CCn1cncc1Cc1c(CN2CCN(c3cccc(OCc4ccc(Cl)cc4F)n3)CC2)nn2ccc(C(=O)O)cc12. The van der Waals surface area contributed by atoms with Gasteiger partial charge in [0.2, 0.25) is 5.88 Å². The Morgan fingerprint density at radius 1 is 1.12 bits per heavy atom. The Balaban J connectivity index is 1.14. The van der Waals surface area contributed by atoms with Crippen molar-refractivity contribution in [2.75, 3.05) is 31.1 Å². The number of benzene rings is 1. The molecule has 43 heavy (non-hydrogen) atoms. The van der Waals surface area contributed by atoms with Gasteiger partial charge >= 0.3 is 5.97 Å². The minimum atomic E-state index is -0.967. The van der Waals surface area contributed by atoms with Crippen molar-refractivity contribution < 1.29 is 19.0 Å². The second-order valence-electron chi connectivity index (χ2n) is 10.4. The summed E-state index contributed by atoms with van der Waals surface area (Å²) in [5, 5.41) is 14.8. The van der Waals surface area contributed by atoms with E-state index in [9.17, 15) is 14.3 Å². The molecule has 0 unspecified atom stereocenters. The molecule has 1 aromatic carbocycles. The van der Waals surface area contributed by atoms with Crippen LogP contribution >= 0.6 is 11.6 Å². The third-order valence-corrected chi connectivity index (χ3v) is 7.97. The van der Waals surface area contributed by atoms with Crippen molar-refractivity contribution >= 4 is 28.9 Å². The number of anilines is 1. The van der Waals surface area contributed by atoms with Crippen LogP contribution in [0.5, 0.6) is 5.88 Å². The lowest BCUT2D eigenvalue weighted by Crippen LogP contribution is -2.46. The molecule has 1 N–H and O–H groups in total. The van der Waals surface area contributed by atoms with Crippen molar-refractivity contribution in [1.82, 2.24) is 29.0 Å². The molecule has 1 saturated heterocycles. The third kappa shape index (κ3) is 6.32. The first-order valence-electron chi connectivity index (χ1n) is 14.1. The minimum Gasteiger partial charge on any atom is -0.478 e. The number of imidazole rings is 1. The Morgan fingerprint density at radius 2 is 1.95 bits per heavy atom. The van der Waals surface area contributed by atoms with Gasteiger partial charge < -0.3 is 19.3 Å². The number of carbonyl (C=O) groups is 1. The summed E-state index contributed by atoms with van der Waals surface area (Å²) >= 11 is 5.85. The first-order valence-corrected chi connectivity index (χ1v) is 14.5. The van der Waals surface area contributed by atoms with Gasteiger partial charge in [-0.2, -0.15) is 10.1 Å². The molecule has 6 rings (SSSR count). The number of ether oxygens (including phenoxy) is 1. The molecule has 0 radical (unpaired) electrons. The number of aryl methyl sites for hydroxylation is 1. The van der Waals surface area contributed by atoms with Crippen LogP contribution in [0.15, 0.2) is 67.3 Å². The van der Waals surface area contributed by atoms with E-state index in [4.69, 9.17) is 21.4 Å². The second kappa shape index (κ2) is 12.4. The average Bonchev–Trinajstić information content (AvgIpc) is 3.61.